The summed E-state index contributed by atoms with van der Waals surface area (Å²) < 4.78 is 12.8. The van der Waals surface area contributed by atoms with Crippen molar-refractivity contribution in [3.8, 4) is 22.8 Å². The van der Waals surface area contributed by atoms with Crippen LogP contribution in [0.25, 0.3) is 16.9 Å². The van der Waals surface area contributed by atoms with Crippen molar-refractivity contribution in [3.63, 3.8) is 0 Å². The molecular formula is C23H21N3O3. The van der Waals surface area contributed by atoms with Crippen LogP contribution in [0, 0.1) is 0 Å². The molecule has 0 fully saturated rings. The third-order valence-corrected chi connectivity index (χ3v) is 4.56. The number of anilines is 1. The number of amides is 1. The average Bonchev–Trinajstić information content (AvgIpc) is 3.13. The number of aromatic nitrogens is 2. The third-order valence-electron chi connectivity index (χ3n) is 4.56. The molecule has 0 spiro atoms. The molecule has 1 amide bonds. The molecule has 29 heavy (non-hydrogen) atoms. The van der Waals surface area contributed by atoms with Gasteiger partial charge in [0.2, 0.25) is 0 Å². The zero-order valence-electron chi connectivity index (χ0n) is 16.2. The summed E-state index contributed by atoms with van der Waals surface area (Å²) in [5, 5.41) is 2.99. The van der Waals surface area contributed by atoms with E-state index in [2.05, 4.69) is 5.32 Å². The molecule has 2 aromatic carbocycles. The zero-order chi connectivity index (χ0) is 20.2. The first kappa shape index (κ1) is 18.6. The molecule has 146 valence electrons. The summed E-state index contributed by atoms with van der Waals surface area (Å²) in [6.45, 7) is 1.71. The third kappa shape index (κ3) is 3.91. The van der Waals surface area contributed by atoms with Crippen LogP contribution in [0.5, 0.6) is 11.5 Å². The number of hydrogen-bond donors (Lipinski definition) is 1. The number of rotatable bonds is 6. The van der Waals surface area contributed by atoms with Gasteiger partial charge in [-0.15, -0.1) is 0 Å². The normalized spacial score (nSPS) is 11.8. The van der Waals surface area contributed by atoms with E-state index >= 15 is 0 Å². The molecule has 4 aromatic rings. The van der Waals surface area contributed by atoms with Gasteiger partial charge < -0.3 is 14.8 Å². The van der Waals surface area contributed by atoms with E-state index in [0.717, 1.165) is 17.0 Å². The topological polar surface area (TPSA) is 64.9 Å². The van der Waals surface area contributed by atoms with E-state index in [0.29, 0.717) is 17.3 Å². The number of nitrogens with zero attached hydrogens (tertiary/aromatic N) is 2. The molecule has 6 nitrogen and oxygen atoms in total. The Morgan fingerprint density at radius 2 is 1.66 bits per heavy atom. The van der Waals surface area contributed by atoms with Gasteiger partial charge in [0.25, 0.3) is 5.91 Å². The van der Waals surface area contributed by atoms with Crippen LogP contribution in [0.2, 0.25) is 0 Å². The molecule has 1 N–H and O–H groups in total. The van der Waals surface area contributed by atoms with Gasteiger partial charge in [0.05, 0.1) is 7.11 Å². The fourth-order valence-corrected chi connectivity index (χ4v) is 3.04. The minimum Gasteiger partial charge on any atom is -0.497 e. The Kier molecular flexibility index (Phi) is 5.16. The lowest BCUT2D eigenvalue weighted by Gasteiger charge is -2.15. The second-order valence-electron chi connectivity index (χ2n) is 6.53. The predicted molar refractivity (Wildman–Crippen MR) is 112 cm³/mol. The molecule has 0 saturated carbocycles. The standard InChI is InChI=1S/C23H21N3O3/c1-16(29-19-13-11-18(28-2)12-14-19)23(27)25-22-21(17-8-4-3-5-9-17)24-20-10-6-7-15-26(20)22/h3-16H,1-2H3,(H,25,27). The van der Waals surface area contributed by atoms with Gasteiger partial charge in [0, 0.05) is 11.8 Å². The Morgan fingerprint density at radius 3 is 2.38 bits per heavy atom. The highest BCUT2D eigenvalue weighted by atomic mass is 16.5. The summed E-state index contributed by atoms with van der Waals surface area (Å²) in [7, 11) is 1.60. The van der Waals surface area contributed by atoms with Crippen molar-refractivity contribution >= 4 is 17.4 Å². The number of hydrogen-bond acceptors (Lipinski definition) is 4. The minimum atomic E-state index is -0.693. The van der Waals surface area contributed by atoms with Crippen LogP contribution in [0.4, 0.5) is 5.82 Å². The van der Waals surface area contributed by atoms with Gasteiger partial charge in [-0.25, -0.2) is 4.98 Å². The van der Waals surface area contributed by atoms with Crippen molar-refractivity contribution in [3.05, 3.63) is 79.0 Å². The average molecular weight is 387 g/mol. The quantitative estimate of drug-likeness (QED) is 0.532. The number of carbonyl (C=O) groups is 1. The molecule has 0 aliphatic heterocycles. The summed E-state index contributed by atoms with van der Waals surface area (Å²) in [6.07, 6.45) is 1.18. The van der Waals surface area contributed by atoms with Crippen molar-refractivity contribution in [2.24, 2.45) is 0 Å². The number of carbonyl (C=O) groups excluding carboxylic acids is 1. The molecule has 4 rings (SSSR count). The molecule has 2 heterocycles. The van der Waals surface area contributed by atoms with Gasteiger partial charge in [-0.05, 0) is 43.3 Å². The Bertz CT molecular complexity index is 1120. The fourth-order valence-electron chi connectivity index (χ4n) is 3.04. The molecular weight excluding hydrogens is 366 g/mol. The van der Waals surface area contributed by atoms with E-state index < -0.39 is 6.10 Å². The van der Waals surface area contributed by atoms with E-state index in [-0.39, 0.29) is 5.91 Å². The molecule has 0 radical (unpaired) electrons. The summed E-state index contributed by atoms with van der Waals surface area (Å²) in [6, 6.07) is 22.6. The van der Waals surface area contributed by atoms with Crippen LogP contribution in [0.1, 0.15) is 6.92 Å². The number of nitrogens with one attached hydrogen (secondary N) is 1. The van der Waals surface area contributed by atoms with Crippen molar-refractivity contribution < 1.29 is 14.3 Å². The van der Waals surface area contributed by atoms with E-state index in [1.165, 1.54) is 0 Å². The van der Waals surface area contributed by atoms with Crippen molar-refractivity contribution in [1.82, 2.24) is 9.38 Å². The Labute approximate surface area is 168 Å². The van der Waals surface area contributed by atoms with Gasteiger partial charge in [0.1, 0.15) is 28.7 Å². The van der Waals surface area contributed by atoms with Crippen molar-refractivity contribution in [2.45, 2.75) is 13.0 Å². The lowest BCUT2D eigenvalue weighted by atomic mass is 10.1. The van der Waals surface area contributed by atoms with Crippen LogP contribution in [0.15, 0.2) is 79.0 Å². The van der Waals surface area contributed by atoms with Gasteiger partial charge in [0.15, 0.2) is 6.10 Å². The molecule has 0 bridgehead atoms. The van der Waals surface area contributed by atoms with Crippen LogP contribution in [-0.4, -0.2) is 28.5 Å². The summed E-state index contributed by atoms with van der Waals surface area (Å²) >= 11 is 0. The molecule has 2 aromatic heterocycles. The highest BCUT2D eigenvalue weighted by molar-refractivity contribution is 5.97. The maximum absolute atomic E-state index is 12.9. The Morgan fingerprint density at radius 1 is 0.966 bits per heavy atom. The van der Waals surface area contributed by atoms with Gasteiger partial charge >= 0.3 is 0 Å². The number of pyridine rings is 1. The maximum atomic E-state index is 12.9. The molecule has 1 atom stereocenters. The highest BCUT2D eigenvalue weighted by Gasteiger charge is 2.20. The van der Waals surface area contributed by atoms with Gasteiger partial charge in [-0.3, -0.25) is 9.20 Å². The highest BCUT2D eigenvalue weighted by Crippen LogP contribution is 2.29. The first-order valence-corrected chi connectivity index (χ1v) is 9.30. The summed E-state index contributed by atoms with van der Waals surface area (Å²) in [4.78, 5) is 17.6. The Hall–Kier alpha value is -3.80. The summed E-state index contributed by atoms with van der Waals surface area (Å²) in [5.41, 5.74) is 2.39. The maximum Gasteiger partial charge on any atom is 0.266 e. The first-order chi connectivity index (χ1) is 14.2. The zero-order valence-corrected chi connectivity index (χ0v) is 16.2. The van der Waals surface area contributed by atoms with Gasteiger partial charge in [-0.2, -0.15) is 0 Å². The molecule has 1 unspecified atom stereocenters. The van der Waals surface area contributed by atoms with E-state index in [1.807, 2.05) is 59.1 Å². The van der Waals surface area contributed by atoms with E-state index in [9.17, 15) is 4.79 Å². The Balaban J connectivity index is 1.60. The predicted octanol–water partition coefficient (Wildman–Crippen LogP) is 4.42. The summed E-state index contributed by atoms with van der Waals surface area (Å²) in [5.74, 6) is 1.67. The number of imidazole rings is 1. The van der Waals surface area contributed by atoms with E-state index in [4.69, 9.17) is 14.5 Å². The molecule has 6 heteroatoms. The van der Waals surface area contributed by atoms with Crippen LogP contribution < -0.4 is 14.8 Å². The van der Waals surface area contributed by atoms with Crippen LogP contribution in [-0.2, 0) is 4.79 Å². The molecule has 0 aliphatic carbocycles. The van der Waals surface area contributed by atoms with E-state index in [1.54, 1.807) is 38.3 Å². The van der Waals surface area contributed by atoms with Crippen LogP contribution >= 0.6 is 0 Å². The van der Waals surface area contributed by atoms with Crippen molar-refractivity contribution in [2.75, 3.05) is 12.4 Å². The van der Waals surface area contributed by atoms with Crippen molar-refractivity contribution in [1.29, 1.82) is 0 Å². The lowest BCUT2D eigenvalue weighted by molar-refractivity contribution is -0.122. The number of methoxy groups -OCH3 is 1. The SMILES string of the molecule is COc1ccc(OC(C)C(=O)Nc2c(-c3ccccc3)nc3ccccn23)cc1. The number of fused-ring (bicyclic) bond motifs is 1. The molecule has 0 saturated heterocycles. The smallest absolute Gasteiger partial charge is 0.266 e. The second kappa shape index (κ2) is 8.06. The van der Waals surface area contributed by atoms with Crippen LogP contribution in [0.3, 0.4) is 0 Å². The lowest BCUT2D eigenvalue weighted by Crippen LogP contribution is -2.30. The second-order valence-corrected chi connectivity index (χ2v) is 6.53. The van der Waals surface area contributed by atoms with Gasteiger partial charge in [-0.1, -0.05) is 36.4 Å². The first-order valence-electron chi connectivity index (χ1n) is 9.30. The largest absolute Gasteiger partial charge is 0.497 e. The molecule has 0 aliphatic rings. The number of ether oxygens (including phenoxy) is 2. The monoisotopic (exact) mass is 387 g/mol. The fraction of sp³-hybridized carbons (Fsp3) is 0.130. The number of benzene rings is 2. The minimum absolute atomic E-state index is 0.261.